The fraction of sp³-hybridized carbons (Fsp3) is 0.545. The van der Waals surface area contributed by atoms with Gasteiger partial charge in [0.25, 0.3) is 5.91 Å². The number of ketones is 1. The molecule has 226 valence electrons. The average Bonchev–Trinajstić information content (AvgIpc) is 3.30. The van der Waals surface area contributed by atoms with Crippen molar-refractivity contribution in [3.63, 3.8) is 0 Å². The van der Waals surface area contributed by atoms with Crippen molar-refractivity contribution in [1.82, 2.24) is 10.6 Å². The van der Waals surface area contributed by atoms with Crippen LogP contribution >= 0.6 is 0 Å². The van der Waals surface area contributed by atoms with Crippen molar-refractivity contribution in [2.24, 2.45) is 5.41 Å². The normalized spacial score (nSPS) is 25.4. The van der Waals surface area contributed by atoms with E-state index in [2.05, 4.69) is 10.6 Å². The molecule has 3 atom stereocenters. The summed E-state index contributed by atoms with van der Waals surface area (Å²) in [5.74, 6) is -1.83. The number of amides is 1. The van der Waals surface area contributed by atoms with Crippen molar-refractivity contribution in [3.8, 4) is 16.9 Å². The number of hydrogen-bond acceptors (Lipinski definition) is 5. The molecule has 0 unspecified atom stereocenters. The summed E-state index contributed by atoms with van der Waals surface area (Å²) in [7, 11) is 0. The van der Waals surface area contributed by atoms with E-state index >= 15 is 8.78 Å². The smallest absolute Gasteiger partial charge is 0.310 e. The van der Waals surface area contributed by atoms with Crippen LogP contribution in [0.1, 0.15) is 82.3 Å². The van der Waals surface area contributed by atoms with E-state index in [1.807, 2.05) is 19.9 Å². The molecule has 2 saturated carbocycles. The number of rotatable bonds is 10. The first-order valence-corrected chi connectivity index (χ1v) is 14.9. The molecule has 0 radical (unpaired) electrons. The highest BCUT2D eigenvalue weighted by atomic mass is 19.1. The summed E-state index contributed by atoms with van der Waals surface area (Å²) in [6, 6.07) is 10.0. The molecule has 7 nitrogen and oxygen atoms in total. The number of nitrogens with one attached hydrogen (secondary N) is 2. The van der Waals surface area contributed by atoms with E-state index in [-0.39, 0.29) is 48.7 Å². The molecule has 1 heterocycles. The van der Waals surface area contributed by atoms with E-state index in [0.29, 0.717) is 53.8 Å². The number of carboxylic acids is 1. The number of piperidine rings is 1. The van der Waals surface area contributed by atoms with Gasteiger partial charge in [-0.15, -0.1) is 0 Å². The fourth-order valence-electron chi connectivity index (χ4n) is 6.66. The number of carbonyl (C=O) groups excluding carboxylic acids is 2. The summed E-state index contributed by atoms with van der Waals surface area (Å²) in [6.45, 7) is 4.55. The number of alkyl halides is 1. The Balaban J connectivity index is 1.35. The molecule has 42 heavy (non-hydrogen) atoms. The van der Waals surface area contributed by atoms with Gasteiger partial charge in [0, 0.05) is 37.5 Å². The van der Waals surface area contributed by atoms with Crippen molar-refractivity contribution >= 4 is 17.7 Å². The number of halogens is 2. The van der Waals surface area contributed by atoms with Gasteiger partial charge in [0.2, 0.25) is 5.67 Å². The molecule has 3 fully saturated rings. The lowest BCUT2D eigenvalue weighted by molar-refractivity contribution is -0.140. The molecular weight excluding hydrogens is 542 g/mol. The second kappa shape index (κ2) is 12.1. The zero-order valence-corrected chi connectivity index (χ0v) is 24.3. The molecule has 2 aromatic carbocycles. The molecular formula is C33H40F2N2O5. The van der Waals surface area contributed by atoms with Gasteiger partial charge in [0.15, 0.2) is 0 Å². The van der Waals surface area contributed by atoms with Gasteiger partial charge in [0.05, 0.1) is 0 Å². The van der Waals surface area contributed by atoms with Crippen molar-refractivity contribution in [3.05, 3.63) is 53.3 Å². The summed E-state index contributed by atoms with van der Waals surface area (Å²) in [6.07, 6.45) is 3.94. The lowest BCUT2D eigenvalue weighted by atomic mass is 9.76. The summed E-state index contributed by atoms with van der Waals surface area (Å²) >= 11 is 0. The molecule has 1 amide bonds. The summed E-state index contributed by atoms with van der Waals surface area (Å²) < 4.78 is 37.2. The lowest BCUT2D eigenvalue weighted by Crippen LogP contribution is -2.59. The molecule has 0 spiro atoms. The van der Waals surface area contributed by atoms with Crippen LogP contribution in [0.3, 0.4) is 0 Å². The number of aliphatic carboxylic acids is 1. The average molecular weight is 583 g/mol. The molecule has 2 aromatic rings. The van der Waals surface area contributed by atoms with Gasteiger partial charge >= 0.3 is 5.97 Å². The van der Waals surface area contributed by atoms with Crippen molar-refractivity contribution in [1.29, 1.82) is 0 Å². The van der Waals surface area contributed by atoms with Crippen LogP contribution in [0, 0.1) is 11.2 Å². The van der Waals surface area contributed by atoms with E-state index in [1.165, 1.54) is 6.07 Å². The fourth-order valence-corrected chi connectivity index (χ4v) is 6.66. The molecule has 0 bridgehead atoms. The highest BCUT2D eigenvalue weighted by molar-refractivity contribution is 5.96. The van der Waals surface area contributed by atoms with Crippen LogP contribution in [0.25, 0.3) is 11.1 Å². The molecule has 9 heteroatoms. The first kappa shape index (κ1) is 30.1. The van der Waals surface area contributed by atoms with Gasteiger partial charge in [-0.3, -0.25) is 14.4 Å². The third kappa shape index (κ3) is 6.83. The molecule has 3 aliphatic rings. The third-order valence-electron chi connectivity index (χ3n) is 8.84. The topological polar surface area (TPSA) is 105 Å². The van der Waals surface area contributed by atoms with E-state index in [9.17, 15) is 14.4 Å². The molecule has 2 aliphatic carbocycles. The van der Waals surface area contributed by atoms with Crippen molar-refractivity contribution in [2.75, 3.05) is 13.1 Å². The van der Waals surface area contributed by atoms with Crippen LogP contribution in [0.4, 0.5) is 8.78 Å². The second-order valence-corrected chi connectivity index (χ2v) is 13.1. The quantitative estimate of drug-likeness (QED) is 0.320. The Bertz CT molecular complexity index is 1360. The second-order valence-electron chi connectivity index (χ2n) is 13.1. The molecule has 1 aliphatic heterocycles. The Morgan fingerprint density at radius 1 is 1.07 bits per heavy atom. The molecule has 5 rings (SSSR count). The van der Waals surface area contributed by atoms with Crippen LogP contribution in [-0.4, -0.2) is 53.7 Å². The lowest BCUT2D eigenvalue weighted by Gasteiger charge is -2.39. The number of carboxylic acid groups (broad SMARTS) is 1. The van der Waals surface area contributed by atoms with Crippen LogP contribution in [0.2, 0.25) is 0 Å². The largest absolute Gasteiger partial charge is 0.490 e. The third-order valence-corrected chi connectivity index (χ3v) is 8.84. The zero-order valence-electron chi connectivity index (χ0n) is 24.3. The summed E-state index contributed by atoms with van der Waals surface area (Å²) in [5.41, 5.74) is 0.343. The number of ether oxygens (including phenoxy) is 1. The zero-order chi connectivity index (χ0) is 30.1. The molecule has 1 saturated heterocycles. The Hall–Kier alpha value is -3.33. The van der Waals surface area contributed by atoms with Crippen LogP contribution in [0.5, 0.6) is 5.75 Å². The Morgan fingerprint density at radius 3 is 2.55 bits per heavy atom. The highest BCUT2D eigenvalue weighted by Crippen LogP contribution is 2.45. The van der Waals surface area contributed by atoms with Gasteiger partial charge in [-0.25, -0.2) is 8.78 Å². The van der Waals surface area contributed by atoms with Crippen LogP contribution in [0.15, 0.2) is 36.4 Å². The Kier molecular flexibility index (Phi) is 8.69. The maximum Gasteiger partial charge on any atom is 0.310 e. The maximum atomic E-state index is 15.6. The Labute approximate surface area is 245 Å². The minimum Gasteiger partial charge on any atom is -0.490 e. The standard InChI is InChI=1S/C33H40F2N2O5/c1-32(2)17-33(35,19-36-18-32)31(41)37-22-10-11-24(15-22)42-28-12-9-20(13-23(38)16-29(39)40)14-26(28)25-7-4-8-27(34)30(25)21-5-3-6-21/h4,7-9,12,14,21-22,24,36H,3,5-6,10-11,13,15-19H2,1-2H3,(H,37,41)(H,39,40)/t22-,24-,33-/m1/s1. The van der Waals surface area contributed by atoms with E-state index in [0.717, 1.165) is 19.3 Å². The number of carbonyl (C=O) groups is 3. The van der Waals surface area contributed by atoms with E-state index in [1.54, 1.807) is 24.3 Å². The van der Waals surface area contributed by atoms with Gasteiger partial charge in [-0.1, -0.05) is 38.5 Å². The first-order chi connectivity index (χ1) is 19.9. The van der Waals surface area contributed by atoms with Gasteiger partial charge in [-0.2, -0.15) is 0 Å². The monoisotopic (exact) mass is 582 g/mol. The predicted molar refractivity (Wildman–Crippen MR) is 155 cm³/mol. The minimum atomic E-state index is -1.96. The molecule has 3 N–H and O–H groups in total. The summed E-state index contributed by atoms with van der Waals surface area (Å²) in [5, 5.41) is 15.0. The van der Waals surface area contributed by atoms with Gasteiger partial charge in [-0.05, 0) is 78.3 Å². The maximum absolute atomic E-state index is 15.6. The number of benzene rings is 2. The van der Waals surface area contributed by atoms with Gasteiger partial charge < -0.3 is 20.5 Å². The van der Waals surface area contributed by atoms with E-state index < -0.39 is 29.7 Å². The van der Waals surface area contributed by atoms with Gasteiger partial charge in [0.1, 0.15) is 29.9 Å². The number of Topliss-reactive ketones (excluding diaryl/α,β-unsaturated/α-hetero) is 1. The highest BCUT2D eigenvalue weighted by Gasteiger charge is 2.47. The Morgan fingerprint density at radius 2 is 1.86 bits per heavy atom. The van der Waals surface area contributed by atoms with Crippen molar-refractivity contribution in [2.45, 2.75) is 95.4 Å². The van der Waals surface area contributed by atoms with Crippen molar-refractivity contribution < 1.29 is 33.0 Å². The summed E-state index contributed by atoms with van der Waals surface area (Å²) in [4.78, 5) is 36.3. The first-order valence-electron chi connectivity index (χ1n) is 14.9. The molecule has 0 aromatic heterocycles. The van der Waals surface area contributed by atoms with E-state index in [4.69, 9.17) is 9.84 Å². The predicted octanol–water partition coefficient (Wildman–Crippen LogP) is 5.49. The van der Waals surface area contributed by atoms with Crippen LogP contribution < -0.4 is 15.4 Å². The van der Waals surface area contributed by atoms with Crippen LogP contribution in [-0.2, 0) is 20.8 Å². The number of hydrogen-bond donors (Lipinski definition) is 3. The SMILES string of the molecule is CC1(C)CNC[C@@](F)(C(=O)N[C@@H]2CC[C@@H](Oc3ccc(CC(=O)CC(=O)O)cc3-c3cccc(F)c3C3CCC3)C2)C1. The minimum absolute atomic E-state index is 0.00342.